The summed E-state index contributed by atoms with van der Waals surface area (Å²) >= 11 is 0. The van der Waals surface area contributed by atoms with E-state index in [2.05, 4.69) is 44.9 Å². The number of nitrogen functional groups attached to an aromatic ring is 1. The average molecular weight is 519 g/mol. The van der Waals surface area contributed by atoms with E-state index in [9.17, 15) is 0 Å². The van der Waals surface area contributed by atoms with Crippen molar-refractivity contribution in [2.24, 2.45) is 10.3 Å². The Balaban J connectivity index is 1.30. The van der Waals surface area contributed by atoms with Gasteiger partial charge in [0.05, 0.1) is 34.1 Å². The van der Waals surface area contributed by atoms with Gasteiger partial charge in [0.1, 0.15) is 0 Å². The predicted molar refractivity (Wildman–Crippen MR) is 148 cm³/mol. The minimum absolute atomic E-state index is 0.0910. The first kappa shape index (κ1) is 26.7. The fourth-order valence-corrected chi connectivity index (χ4v) is 4.45. The van der Waals surface area contributed by atoms with Crippen molar-refractivity contribution < 1.29 is 18.9 Å². The third-order valence-electron chi connectivity index (χ3n) is 6.61. The van der Waals surface area contributed by atoms with Crippen molar-refractivity contribution >= 4 is 17.2 Å². The lowest BCUT2D eigenvalue weighted by molar-refractivity contribution is 0.255. The van der Waals surface area contributed by atoms with Gasteiger partial charge in [0, 0.05) is 37.0 Å². The first-order valence-corrected chi connectivity index (χ1v) is 12.3. The average Bonchev–Trinajstić information content (AvgIpc) is 2.95. The second-order valence-corrected chi connectivity index (χ2v) is 8.90. The van der Waals surface area contributed by atoms with E-state index in [4.69, 9.17) is 30.1 Å². The quantitative estimate of drug-likeness (QED) is 0.117. The van der Waals surface area contributed by atoms with Crippen LogP contribution in [-0.2, 0) is 19.4 Å². The third kappa shape index (κ3) is 6.15. The van der Waals surface area contributed by atoms with Crippen LogP contribution in [-0.4, -0.2) is 52.3 Å². The molecule has 3 aromatic rings. The van der Waals surface area contributed by atoms with Gasteiger partial charge < -0.3 is 24.7 Å². The first-order chi connectivity index (χ1) is 18.4. The molecule has 0 unspecified atom stereocenters. The van der Waals surface area contributed by atoms with E-state index in [1.54, 1.807) is 26.4 Å². The number of nitrogens with zero attached hydrogens (tertiary/aromatic N) is 3. The molecule has 3 aromatic carbocycles. The number of benzene rings is 3. The second kappa shape index (κ2) is 12.3. The maximum Gasteiger partial charge on any atom is 0.178 e. The smallest absolute Gasteiger partial charge is 0.178 e. The molecule has 0 fully saturated rings. The number of methoxy groups -OCH3 is 4. The Morgan fingerprint density at radius 3 is 2.16 bits per heavy atom. The highest BCUT2D eigenvalue weighted by Crippen LogP contribution is 2.34. The molecule has 4 rings (SSSR count). The number of hydrogen-bond donors (Lipinski definition) is 3. The van der Waals surface area contributed by atoms with E-state index >= 15 is 0 Å². The minimum Gasteiger partial charge on any atom is -0.493 e. The molecular formula is C28H34N6O4. The summed E-state index contributed by atoms with van der Waals surface area (Å²) in [5, 5.41) is 16.1. The van der Waals surface area contributed by atoms with Gasteiger partial charge in [-0.05, 0) is 59.9 Å². The lowest BCUT2D eigenvalue weighted by Crippen LogP contribution is -2.32. The number of rotatable bonds is 10. The molecule has 0 saturated heterocycles. The molecule has 10 nitrogen and oxygen atoms in total. The highest BCUT2D eigenvalue weighted by Gasteiger charge is 2.19. The molecular weight excluding hydrogens is 484 g/mol. The number of nitrogens with one attached hydrogen (secondary N) is 2. The standard InChI is InChI=1S/C28H34N6O4/c1-35-24-13-19-10-12-34(17-20(19)14-25(24)36-2)11-9-18-5-7-21(8-6-18)31-33-32-28(30)22-15-26(37-3)27(38-4)16-23(22)29/h5-8,13-16H,9-12,17,29H2,1-4H3,(H2,30,31,32). The molecule has 38 heavy (non-hydrogen) atoms. The van der Waals surface area contributed by atoms with E-state index in [1.165, 1.54) is 30.9 Å². The summed E-state index contributed by atoms with van der Waals surface area (Å²) in [5.74, 6) is 2.42. The Morgan fingerprint density at radius 2 is 1.50 bits per heavy atom. The zero-order valence-corrected chi connectivity index (χ0v) is 22.2. The van der Waals surface area contributed by atoms with Crippen molar-refractivity contribution in [1.82, 2.24) is 4.90 Å². The van der Waals surface area contributed by atoms with Gasteiger partial charge in [-0.15, -0.1) is 5.11 Å². The van der Waals surface area contributed by atoms with Crippen molar-refractivity contribution in [2.45, 2.75) is 19.4 Å². The van der Waals surface area contributed by atoms with Crippen LogP contribution < -0.4 is 30.1 Å². The number of anilines is 2. The summed E-state index contributed by atoms with van der Waals surface area (Å²) in [6, 6.07) is 15.4. The van der Waals surface area contributed by atoms with E-state index in [0.29, 0.717) is 22.7 Å². The Hall–Kier alpha value is -4.31. The summed E-state index contributed by atoms with van der Waals surface area (Å²) in [5.41, 5.74) is 14.3. The molecule has 0 saturated carbocycles. The molecule has 200 valence electrons. The molecule has 0 aliphatic carbocycles. The van der Waals surface area contributed by atoms with Crippen LogP contribution in [0, 0.1) is 5.41 Å². The molecule has 1 aliphatic rings. The van der Waals surface area contributed by atoms with Gasteiger partial charge in [-0.1, -0.05) is 17.4 Å². The van der Waals surface area contributed by atoms with Gasteiger partial charge >= 0.3 is 0 Å². The molecule has 0 bridgehead atoms. The van der Waals surface area contributed by atoms with Crippen LogP contribution in [0.5, 0.6) is 23.0 Å². The zero-order chi connectivity index (χ0) is 27.1. The first-order valence-electron chi connectivity index (χ1n) is 12.3. The number of amidine groups is 1. The Bertz CT molecular complexity index is 1310. The number of fused-ring (bicyclic) bond motifs is 1. The number of nitrogens with two attached hydrogens (primary N) is 1. The summed E-state index contributed by atoms with van der Waals surface area (Å²) in [4.78, 5) is 2.46. The van der Waals surface area contributed by atoms with Gasteiger partial charge in [-0.25, -0.2) is 0 Å². The normalized spacial score (nSPS) is 13.2. The molecule has 0 aromatic heterocycles. The summed E-state index contributed by atoms with van der Waals surface area (Å²) in [7, 11) is 6.39. The molecule has 0 spiro atoms. The lowest BCUT2D eigenvalue weighted by atomic mass is 9.98. The summed E-state index contributed by atoms with van der Waals surface area (Å²) in [6.45, 7) is 2.87. The fraction of sp³-hybridized carbons (Fsp3) is 0.321. The lowest BCUT2D eigenvalue weighted by Gasteiger charge is -2.29. The van der Waals surface area contributed by atoms with Crippen molar-refractivity contribution in [3.63, 3.8) is 0 Å². The molecule has 10 heteroatoms. The molecule has 0 radical (unpaired) electrons. The Labute approximate surface area is 222 Å². The van der Waals surface area contributed by atoms with Crippen LogP contribution in [0.2, 0.25) is 0 Å². The van der Waals surface area contributed by atoms with Crippen molar-refractivity contribution in [1.29, 1.82) is 5.41 Å². The molecule has 0 atom stereocenters. The zero-order valence-electron chi connectivity index (χ0n) is 22.2. The number of hydrogen-bond acceptors (Lipinski definition) is 8. The fourth-order valence-electron chi connectivity index (χ4n) is 4.45. The Morgan fingerprint density at radius 1 is 0.895 bits per heavy atom. The predicted octanol–water partition coefficient (Wildman–Crippen LogP) is 4.71. The largest absolute Gasteiger partial charge is 0.493 e. The Kier molecular flexibility index (Phi) is 8.65. The number of ether oxygens (including phenoxy) is 4. The van der Waals surface area contributed by atoms with Crippen LogP contribution in [0.3, 0.4) is 0 Å². The van der Waals surface area contributed by atoms with Crippen LogP contribution in [0.4, 0.5) is 11.4 Å². The maximum absolute atomic E-state index is 8.22. The van der Waals surface area contributed by atoms with Gasteiger partial charge in [-0.3, -0.25) is 15.7 Å². The van der Waals surface area contributed by atoms with E-state index in [-0.39, 0.29) is 5.84 Å². The highest BCUT2D eigenvalue weighted by molar-refractivity contribution is 6.02. The third-order valence-corrected chi connectivity index (χ3v) is 6.61. The van der Waals surface area contributed by atoms with Gasteiger partial charge in [0.2, 0.25) is 0 Å². The van der Waals surface area contributed by atoms with Crippen LogP contribution in [0.1, 0.15) is 22.3 Å². The van der Waals surface area contributed by atoms with Crippen molar-refractivity contribution in [3.05, 3.63) is 70.8 Å². The van der Waals surface area contributed by atoms with Crippen LogP contribution in [0.15, 0.2) is 58.9 Å². The highest BCUT2D eigenvalue weighted by atomic mass is 16.5. The molecule has 1 aliphatic heterocycles. The van der Waals surface area contributed by atoms with Gasteiger partial charge in [-0.2, -0.15) is 0 Å². The van der Waals surface area contributed by atoms with Crippen molar-refractivity contribution in [3.8, 4) is 23.0 Å². The van der Waals surface area contributed by atoms with Crippen molar-refractivity contribution in [2.75, 3.05) is 52.7 Å². The topological polar surface area (TPSA) is 127 Å². The SMILES string of the molecule is COc1cc(N)c(C(=N)/N=N\Nc2ccc(CCN3CCc4cc(OC)c(OC)cc4C3)cc2)cc1OC. The molecule has 4 N–H and O–H groups in total. The molecule has 1 heterocycles. The van der Waals surface area contributed by atoms with Gasteiger partial charge in [0.15, 0.2) is 28.8 Å². The minimum atomic E-state index is -0.0910. The second-order valence-electron chi connectivity index (χ2n) is 8.90. The summed E-state index contributed by atoms with van der Waals surface area (Å²) in [6.07, 6.45) is 1.93. The molecule has 0 amide bonds. The van der Waals surface area contributed by atoms with Gasteiger partial charge in [0.25, 0.3) is 0 Å². The van der Waals surface area contributed by atoms with Crippen LogP contribution >= 0.6 is 0 Å². The summed E-state index contributed by atoms with van der Waals surface area (Å²) < 4.78 is 21.4. The maximum atomic E-state index is 8.22. The van der Waals surface area contributed by atoms with E-state index in [0.717, 1.165) is 49.7 Å². The van der Waals surface area contributed by atoms with E-state index < -0.39 is 0 Å². The van der Waals surface area contributed by atoms with Crippen LogP contribution in [0.25, 0.3) is 0 Å². The monoisotopic (exact) mass is 518 g/mol. The van der Waals surface area contributed by atoms with E-state index in [1.807, 2.05) is 12.1 Å².